The van der Waals surface area contributed by atoms with E-state index in [1.807, 2.05) is 35.2 Å². The maximum Gasteiger partial charge on any atom is 0.417 e. The van der Waals surface area contributed by atoms with Crippen molar-refractivity contribution in [1.29, 1.82) is 5.26 Å². The number of alkyl halides is 3. The number of piperazine rings is 1. The lowest BCUT2D eigenvalue weighted by Crippen LogP contribution is -2.55. The number of carbonyl (C=O) groups is 1. The van der Waals surface area contributed by atoms with Crippen molar-refractivity contribution < 1.29 is 27.4 Å². The zero-order valence-electron chi connectivity index (χ0n) is 29.2. The van der Waals surface area contributed by atoms with Crippen LogP contribution in [0.15, 0.2) is 66.7 Å². The second-order valence-corrected chi connectivity index (χ2v) is 13.7. The number of aromatic nitrogens is 2. The summed E-state index contributed by atoms with van der Waals surface area (Å²) in [4.78, 5) is 31.1. The fraction of sp³-hybridized carbons (Fsp3) is 0.436. The van der Waals surface area contributed by atoms with E-state index < -0.39 is 23.9 Å². The van der Waals surface area contributed by atoms with Gasteiger partial charge in [0.2, 0.25) is 0 Å². The third-order valence-electron chi connectivity index (χ3n) is 10.4. The second-order valence-electron chi connectivity index (χ2n) is 13.7. The van der Waals surface area contributed by atoms with Crippen molar-refractivity contribution in [3.8, 4) is 12.1 Å². The number of fused-ring (bicyclic) bond motifs is 2. The van der Waals surface area contributed by atoms with E-state index in [1.165, 1.54) is 6.07 Å². The maximum absolute atomic E-state index is 14.3. The standard InChI is InChI=1S/C39H42F3N7O3/c1-46-19-7-13-30(46)26-51-37-44-33-24-47(34-16-6-12-28-11-5-15-32(35(28)34)39(40,41)42)20-8-14-31(33)36(45-37)48-21-22-49(29(23-48)17-18-43)38(50)52-25-27-9-3-2-4-10-27/h2-6,9-12,15-16,29-30H,7-8,13-14,17,19-26H2,1H3/t29-,30-/m0/s1. The number of hydrogen-bond donors (Lipinski definition) is 0. The number of anilines is 2. The Bertz CT molecular complexity index is 1930. The third kappa shape index (κ3) is 7.58. The number of halogens is 3. The van der Waals surface area contributed by atoms with Gasteiger partial charge in [-0.15, -0.1) is 0 Å². The molecular formula is C39H42F3N7O3. The molecule has 0 radical (unpaired) electrons. The quantitative estimate of drug-likeness (QED) is 0.195. The number of benzene rings is 3. The molecule has 0 saturated carbocycles. The molecule has 272 valence electrons. The van der Waals surface area contributed by atoms with Gasteiger partial charge in [-0.2, -0.15) is 28.4 Å². The molecule has 10 nitrogen and oxygen atoms in total. The van der Waals surface area contributed by atoms with Gasteiger partial charge >= 0.3 is 18.3 Å². The van der Waals surface area contributed by atoms with E-state index in [4.69, 9.17) is 19.4 Å². The topological polar surface area (TPSA) is 98.1 Å². The number of likely N-dealkylation sites (tertiary alicyclic amines) is 1. The molecule has 52 heavy (non-hydrogen) atoms. The monoisotopic (exact) mass is 713 g/mol. The van der Waals surface area contributed by atoms with E-state index in [1.54, 1.807) is 29.2 Å². The number of rotatable bonds is 8. The Morgan fingerprint density at radius 1 is 0.942 bits per heavy atom. The molecule has 0 unspecified atom stereocenters. The van der Waals surface area contributed by atoms with Gasteiger partial charge in [-0.25, -0.2) is 4.79 Å². The van der Waals surface area contributed by atoms with Crippen LogP contribution in [0.2, 0.25) is 0 Å². The van der Waals surface area contributed by atoms with Crippen molar-refractivity contribution in [2.75, 3.05) is 56.2 Å². The Morgan fingerprint density at radius 3 is 2.50 bits per heavy atom. The van der Waals surface area contributed by atoms with Gasteiger partial charge in [0.25, 0.3) is 0 Å². The molecule has 2 saturated heterocycles. The molecule has 0 aliphatic carbocycles. The first kappa shape index (κ1) is 35.3. The van der Waals surface area contributed by atoms with Gasteiger partial charge in [0.15, 0.2) is 0 Å². The Morgan fingerprint density at radius 2 is 1.75 bits per heavy atom. The summed E-state index contributed by atoms with van der Waals surface area (Å²) in [5.41, 5.74) is 2.31. The molecule has 13 heteroatoms. The maximum atomic E-state index is 14.3. The number of ether oxygens (including phenoxy) is 2. The molecule has 0 spiro atoms. The largest absolute Gasteiger partial charge is 0.462 e. The van der Waals surface area contributed by atoms with Crippen molar-refractivity contribution in [1.82, 2.24) is 19.8 Å². The summed E-state index contributed by atoms with van der Waals surface area (Å²) in [6.07, 6.45) is -1.53. The molecule has 1 aromatic heterocycles. The van der Waals surface area contributed by atoms with Gasteiger partial charge in [0, 0.05) is 48.9 Å². The van der Waals surface area contributed by atoms with Crippen molar-refractivity contribution >= 4 is 28.4 Å². The molecule has 4 heterocycles. The van der Waals surface area contributed by atoms with Crippen molar-refractivity contribution in [3.63, 3.8) is 0 Å². The molecular weight excluding hydrogens is 671 g/mol. The minimum atomic E-state index is -4.51. The SMILES string of the molecule is CN1CCC[C@H]1COc1nc2c(c(N3CCN(C(=O)OCc4ccccc4)[C@@H](CC#N)C3)n1)CCCN(c1cccc3cccc(C(F)(F)F)c13)C2. The zero-order chi connectivity index (χ0) is 36.2. The zero-order valence-corrected chi connectivity index (χ0v) is 29.2. The van der Waals surface area contributed by atoms with Crippen LogP contribution in [0.3, 0.4) is 0 Å². The molecule has 0 bridgehead atoms. The van der Waals surface area contributed by atoms with Gasteiger partial charge in [-0.1, -0.05) is 54.6 Å². The smallest absolute Gasteiger partial charge is 0.417 e. The second kappa shape index (κ2) is 15.3. The van der Waals surface area contributed by atoms with Crippen molar-refractivity contribution in [2.45, 2.75) is 63.5 Å². The fourth-order valence-corrected chi connectivity index (χ4v) is 7.67. The van der Waals surface area contributed by atoms with Crippen LogP contribution in [0.5, 0.6) is 6.01 Å². The summed E-state index contributed by atoms with van der Waals surface area (Å²) in [5, 5.41) is 10.5. The minimum absolute atomic E-state index is 0.109. The Balaban J connectivity index is 1.20. The van der Waals surface area contributed by atoms with Crippen LogP contribution in [-0.4, -0.2) is 84.3 Å². The summed E-state index contributed by atoms with van der Waals surface area (Å²) < 4.78 is 54.8. The molecule has 3 aliphatic heterocycles. The Kier molecular flexibility index (Phi) is 10.4. The van der Waals surface area contributed by atoms with Gasteiger partial charge < -0.3 is 29.1 Å². The van der Waals surface area contributed by atoms with Crippen LogP contribution in [0.1, 0.15) is 48.1 Å². The number of nitriles is 1. The van der Waals surface area contributed by atoms with Crippen molar-refractivity contribution in [2.24, 2.45) is 0 Å². The average Bonchev–Trinajstić information content (AvgIpc) is 3.44. The lowest BCUT2D eigenvalue weighted by atomic mass is 10.0. The molecule has 1 amide bonds. The third-order valence-corrected chi connectivity index (χ3v) is 10.4. The Labute approximate surface area is 301 Å². The summed E-state index contributed by atoms with van der Waals surface area (Å²) in [7, 11) is 2.07. The molecule has 3 aliphatic rings. The van der Waals surface area contributed by atoms with E-state index in [0.717, 1.165) is 36.6 Å². The molecule has 0 N–H and O–H groups in total. The predicted octanol–water partition coefficient (Wildman–Crippen LogP) is 6.82. The van der Waals surface area contributed by atoms with Crippen LogP contribution in [-0.2, 0) is 30.5 Å². The summed E-state index contributed by atoms with van der Waals surface area (Å²) >= 11 is 0. The molecule has 7 rings (SSSR count). The molecule has 3 aromatic carbocycles. The number of hydrogen-bond acceptors (Lipinski definition) is 9. The molecule has 2 fully saturated rings. The first-order valence-corrected chi connectivity index (χ1v) is 17.9. The summed E-state index contributed by atoms with van der Waals surface area (Å²) in [6, 6.07) is 21.2. The van der Waals surface area contributed by atoms with E-state index in [-0.39, 0.29) is 37.0 Å². The molecule has 4 aromatic rings. The van der Waals surface area contributed by atoms with Gasteiger partial charge in [0.05, 0.1) is 36.3 Å². The normalized spacial score (nSPS) is 19.6. The van der Waals surface area contributed by atoms with Gasteiger partial charge in [-0.05, 0) is 62.4 Å². The van der Waals surface area contributed by atoms with Crippen LogP contribution < -0.4 is 14.5 Å². The van der Waals surface area contributed by atoms with Gasteiger partial charge in [-0.3, -0.25) is 0 Å². The lowest BCUT2D eigenvalue weighted by molar-refractivity contribution is -0.136. The number of carbonyl (C=O) groups excluding carboxylic acids is 1. The van der Waals surface area contributed by atoms with Crippen LogP contribution in [0, 0.1) is 11.3 Å². The van der Waals surface area contributed by atoms with Crippen molar-refractivity contribution in [3.05, 3.63) is 89.1 Å². The summed E-state index contributed by atoms with van der Waals surface area (Å²) in [5.74, 6) is 0.677. The predicted molar refractivity (Wildman–Crippen MR) is 191 cm³/mol. The first-order valence-electron chi connectivity index (χ1n) is 17.9. The van der Waals surface area contributed by atoms with Crippen LogP contribution in [0.4, 0.5) is 29.5 Å². The number of likely N-dealkylation sites (N-methyl/N-ethyl adjacent to an activating group) is 1. The van der Waals surface area contributed by atoms with Crippen LogP contribution in [0.25, 0.3) is 10.8 Å². The minimum Gasteiger partial charge on any atom is -0.462 e. The van der Waals surface area contributed by atoms with E-state index in [2.05, 4.69) is 22.9 Å². The fourth-order valence-electron chi connectivity index (χ4n) is 7.67. The van der Waals surface area contributed by atoms with E-state index >= 15 is 0 Å². The highest BCUT2D eigenvalue weighted by atomic mass is 19.4. The highest BCUT2D eigenvalue weighted by Gasteiger charge is 2.36. The first-order chi connectivity index (χ1) is 25.2. The van der Waals surface area contributed by atoms with Crippen LogP contribution >= 0.6 is 0 Å². The van der Waals surface area contributed by atoms with E-state index in [9.17, 15) is 23.2 Å². The summed E-state index contributed by atoms with van der Waals surface area (Å²) in [6.45, 7) is 3.43. The lowest BCUT2D eigenvalue weighted by Gasteiger charge is -2.41. The Hall–Kier alpha value is -5.09. The number of amides is 1. The molecule has 2 atom stereocenters. The van der Waals surface area contributed by atoms with Gasteiger partial charge in [0.1, 0.15) is 19.0 Å². The average molecular weight is 714 g/mol. The highest BCUT2D eigenvalue weighted by Crippen LogP contribution is 2.41. The highest BCUT2D eigenvalue weighted by molar-refractivity contribution is 5.97. The number of nitrogens with zero attached hydrogens (tertiary/aromatic N) is 7. The van der Waals surface area contributed by atoms with E-state index in [0.29, 0.717) is 68.2 Å².